The molecule has 0 aliphatic heterocycles. The topological polar surface area (TPSA) is 48.5 Å². The number of hydrogen-bond acceptors (Lipinski definition) is 3. The third-order valence-electron chi connectivity index (χ3n) is 17.7. The zero-order valence-corrected chi connectivity index (χ0v) is 45.3. The Morgan fingerprint density at radius 3 is 1.39 bits per heavy atom. The van der Waals surface area contributed by atoms with Crippen molar-refractivity contribution in [2.75, 3.05) is 0 Å². The summed E-state index contributed by atoms with van der Waals surface area (Å²) in [6, 6.07) is 88.1. The molecule has 0 spiro atoms. The van der Waals surface area contributed by atoms with E-state index < -0.39 is 5.41 Å². The summed E-state index contributed by atoms with van der Waals surface area (Å²) in [4.78, 5) is 16.7. The maximum Gasteiger partial charge on any atom is 0.238 e. The van der Waals surface area contributed by atoms with E-state index in [2.05, 4.69) is 285 Å². The van der Waals surface area contributed by atoms with Gasteiger partial charge in [0.2, 0.25) is 5.95 Å². The van der Waals surface area contributed by atoms with E-state index in [0.717, 1.165) is 66.2 Å². The molecule has 0 N–H and O–H groups in total. The summed E-state index contributed by atoms with van der Waals surface area (Å²) in [5.41, 5.74) is 25.3. The van der Waals surface area contributed by atoms with E-state index in [9.17, 15) is 0 Å². The van der Waals surface area contributed by atoms with Crippen molar-refractivity contribution in [1.82, 2.24) is 24.1 Å². The molecule has 0 fully saturated rings. The number of hydrogen-bond donors (Lipinski definition) is 0. The normalized spacial score (nSPS) is 12.6. The van der Waals surface area contributed by atoms with Crippen molar-refractivity contribution >= 4 is 110 Å². The molecule has 15 rings (SSSR count). The molecule has 3 heterocycles. The summed E-state index contributed by atoms with van der Waals surface area (Å²) < 4.78 is 4.84. The Morgan fingerprint density at radius 1 is 0.312 bits per heavy atom. The molecule has 3 aromatic heterocycles. The molecule has 11 aromatic carbocycles. The van der Waals surface area contributed by atoms with Crippen molar-refractivity contribution in [1.29, 1.82) is 0 Å². The van der Waals surface area contributed by atoms with Crippen LogP contribution in [0.2, 0.25) is 0 Å². The number of fused-ring (bicyclic) bond motifs is 10. The molecule has 0 saturated heterocycles. The lowest BCUT2D eigenvalue weighted by Crippen LogP contribution is -2.55. The van der Waals surface area contributed by atoms with Crippen LogP contribution in [0.25, 0.3) is 111 Å². The highest BCUT2D eigenvalue weighted by molar-refractivity contribution is 6.68. The first-order valence-electron chi connectivity index (χ1n) is 27.7. The fourth-order valence-corrected chi connectivity index (χ4v) is 13.6. The zero-order chi connectivity index (χ0) is 53.8. The van der Waals surface area contributed by atoms with Gasteiger partial charge in [0, 0.05) is 38.2 Å². The molecule has 1 aliphatic rings. The Bertz CT molecular complexity index is 4770. The second-order valence-corrected chi connectivity index (χ2v) is 21.6. The minimum Gasteiger partial charge on any atom is -0.307 e. The second kappa shape index (κ2) is 18.5. The molecule has 0 bridgehead atoms. The number of benzene rings is 11. The van der Waals surface area contributed by atoms with Crippen molar-refractivity contribution in [3.8, 4) is 67.8 Å². The summed E-state index contributed by atoms with van der Waals surface area (Å²) in [7, 11) is 11.4. The van der Waals surface area contributed by atoms with Gasteiger partial charge in [0.05, 0.1) is 33.2 Å². The van der Waals surface area contributed by atoms with E-state index >= 15 is 0 Å². The van der Waals surface area contributed by atoms with Gasteiger partial charge in [-0.25, -0.2) is 4.98 Å². The van der Waals surface area contributed by atoms with Crippen LogP contribution < -0.4 is 27.3 Å². The molecule has 1 aliphatic carbocycles. The minimum absolute atomic E-state index is 0.540. The van der Waals surface area contributed by atoms with Crippen LogP contribution in [-0.4, -0.2) is 63.3 Å². The van der Waals surface area contributed by atoms with Crippen molar-refractivity contribution in [3.05, 3.63) is 265 Å². The van der Waals surface area contributed by atoms with E-state index in [0.29, 0.717) is 17.6 Å². The van der Waals surface area contributed by atoms with Gasteiger partial charge >= 0.3 is 0 Å². The molecule has 14 aromatic rings. The number of para-hydroxylation sites is 2. The first-order chi connectivity index (χ1) is 39.3. The highest BCUT2D eigenvalue weighted by Gasteiger charge is 2.46. The van der Waals surface area contributed by atoms with E-state index in [4.69, 9.17) is 15.0 Å². The maximum atomic E-state index is 5.68. The second-order valence-electron chi connectivity index (χ2n) is 21.6. The van der Waals surface area contributed by atoms with Crippen LogP contribution in [0.15, 0.2) is 243 Å². The molecule has 0 radical (unpaired) electrons. The third-order valence-corrected chi connectivity index (χ3v) is 17.7. The lowest BCUT2D eigenvalue weighted by atomic mass is 9.59. The standard InChI is InChI=1S/C70H50B5N5/c71-60-59(61(72)63(74)64(75)62(60)73)52-32-19-37-57(58(52)41-20-4-1-5-21-41)79-55-35-16-12-30-48(55)50-38-39-51-49-31-13-17-36-56(49)80(66(51)65(50)79)69-77-67(42-22-6-2-7-23-42)76-68(78-69)43-24-18-27-45(40-43)70(44-25-8-3-9-26-44)53-33-14-10-28-46(53)47-29-11-15-34-54(47)70/h1-40H,71-75H2. The van der Waals surface area contributed by atoms with Gasteiger partial charge in [0.25, 0.3) is 0 Å². The maximum absolute atomic E-state index is 5.68. The predicted octanol–water partition coefficient (Wildman–Crippen LogP) is 8.39. The Balaban J connectivity index is 1.04. The van der Waals surface area contributed by atoms with Gasteiger partial charge in [-0.15, -0.1) is 16.4 Å². The molecule has 80 heavy (non-hydrogen) atoms. The Morgan fingerprint density at radius 2 is 0.762 bits per heavy atom. The van der Waals surface area contributed by atoms with E-state index in [1.54, 1.807) is 0 Å². The monoisotopic (exact) mass is 1020 g/mol. The van der Waals surface area contributed by atoms with Crippen LogP contribution in [0.1, 0.15) is 22.3 Å². The van der Waals surface area contributed by atoms with E-state index in [1.807, 2.05) is 6.07 Å². The van der Waals surface area contributed by atoms with E-state index in [-0.39, 0.29) is 0 Å². The van der Waals surface area contributed by atoms with Gasteiger partial charge in [-0.2, -0.15) is 9.97 Å². The fourth-order valence-electron chi connectivity index (χ4n) is 13.6. The van der Waals surface area contributed by atoms with Crippen LogP contribution in [0.5, 0.6) is 0 Å². The predicted molar refractivity (Wildman–Crippen MR) is 348 cm³/mol. The molecule has 10 heteroatoms. The first kappa shape index (κ1) is 47.6. The molecule has 370 valence electrons. The SMILES string of the molecule is Bc1c(B)c(B)c(-c2cccc(-n3c4ccccc4c4ccc5c6ccccc6n(-c6nc(-c7ccccc7)nc(-c7cccc(C8(c9ccccc9)c9ccccc9-c9ccccc98)c7)n6)c5c43)c2-c2ccccc2)c(B)c1B. The van der Waals surface area contributed by atoms with Crippen LogP contribution in [0, 0.1) is 0 Å². The summed E-state index contributed by atoms with van der Waals surface area (Å²) in [6.45, 7) is 0. The summed E-state index contributed by atoms with van der Waals surface area (Å²) >= 11 is 0. The van der Waals surface area contributed by atoms with Gasteiger partial charge in [-0.3, -0.25) is 4.57 Å². The smallest absolute Gasteiger partial charge is 0.238 e. The molecular formula is C70H50B5N5. The van der Waals surface area contributed by atoms with Gasteiger partial charge in [0.15, 0.2) is 11.6 Å². The highest BCUT2D eigenvalue weighted by Crippen LogP contribution is 2.56. The Kier molecular flexibility index (Phi) is 11.0. The van der Waals surface area contributed by atoms with Crippen LogP contribution >= 0.6 is 0 Å². The summed E-state index contributed by atoms with van der Waals surface area (Å²) in [6.07, 6.45) is 0. The van der Waals surface area contributed by atoms with Gasteiger partial charge in [-0.1, -0.05) is 229 Å². The Labute approximate surface area is 469 Å². The van der Waals surface area contributed by atoms with Crippen molar-refractivity contribution in [2.45, 2.75) is 5.41 Å². The number of nitrogens with zero attached hydrogens (tertiary/aromatic N) is 5. The molecule has 0 amide bonds. The lowest BCUT2D eigenvalue weighted by molar-refractivity contribution is 0.768. The van der Waals surface area contributed by atoms with Crippen LogP contribution in [0.3, 0.4) is 0 Å². The zero-order valence-electron chi connectivity index (χ0n) is 45.3. The quantitative estimate of drug-likeness (QED) is 0.144. The third kappa shape index (κ3) is 6.94. The van der Waals surface area contributed by atoms with Crippen molar-refractivity contribution < 1.29 is 0 Å². The summed E-state index contributed by atoms with van der Waals surface area (Å²) in [5.74, 6) is 1.72. The largest absolute Gasteiger partial charge is 0.307 e. The molecule has 0 unspecified atom stereocenters. The highest BCUT2D eigenvalue weighted by atomic mass is 15.2. The van der Waals surface area contributed by atoms with E-state index in [1.165, 1.54) is 77.2 Å². The fraction of sp³-hybridized carbons (Fsp3) is 0.0143. The number of aromatic nitrogens is 5. The van der Waals surface area contributed by atoms with Crippen LogP contribution in [-0.2, 0) is 5.41 Å². The molecule has 0 saturated carbocycles. The summed E-state index contributed by atoms with van der Waals surface area (Å²) in [5, 5.41) is 4.54. The number of rotatable bonds is 8. The van der Waals surface area contributed by atoms with Gasteiger partial charge in [-0.05, 0) is 74.3 Å². The lowest BCUT2D eigenvalue weighted by Gasteiger charge is -2.34. The minimum atomic E-state index is -0.598. The average Bonchev–Trinajstić information content (AvgIpc) is 3.83. The van der Waals surface area contributed by atoms with Crippen molar-refractivity contribution in [3.63, 3.8) is 0 Å². The van der Waals surface area contributed by atoms with Gasteiger partial charge in [0.1, 0.15) is 39.2 Å². The first-order valence-corrected chi connectivity index (χ1v) is 27.7. The van der Waals surface area contributed by atoms with Crippen LogP contribution in [0.4, 0.5) is 0 Å². The van der Waals surface area contributed by atoms with Gasteiger partial charge < -0.3 is 4.57 Å². The molecule has 5 nitrogen and oxygen atoms in total. The molecular weight excluding hydrogens is 965 g/mol. The molecule has 0 atom stereocenters. The van der Waals surface area contributed by atoms with Crippen molar-refractivity contribution in [2.24, 2.45) is 0 Å². The average molecular weight is 1020 g/mol. The Hall–Kier alpha value is -9.65.